The van der Waals surface area contributed by atoms with E-state index in [-0.39, 0.29) is 0 Å². The van der Waals surface area contributed by atoms with Crippen LogP contribution in [0.5, 0.6) is 0 Å². The summed E-state index contributed by atoms with van der Waals surface area (Å²) in [6.45, 7) is 0. The first kappa shape index (κ1) is 14.7. The molecular weight excluding hydrogens is 332 g/mol. The maximum Gasteiger partial charge on any atom is 0.231 e. The van der Waals surface area contributed by atoms with Crippen molar-refractivity contribution in [3.63, 3.8) is 0 Å². The average molecular weight is 350 g/mol. The van der Waals surface area contributed by atoms with Crippen molar-refractivity contribution in [3.05, 3.63) is 36.0 Å². The SMILES string of the molecule is c1cc2c(NC3CCCC3)nc(Nc3ccc4ncsc4c3)nc2[nH]1. The number of thiazole rings is 1. The van der Waals surface area contributed by atoms with Gasteiger partial charge in [-0.25, -0.2) is 4.98 Å². The lowest BCUT2D eigenvalue weighted by molar-refractivity contribution is 0.752. The van der Waals surface area contributed by atoms with Gasteiger partial charge in [-0.05, 0) is 37.1 Å². The molecule has 0 bridgehead atoms. The zero-order chi connectivity index (χ0) is 16.6. The quantitative estimate of drug-likeness (QED) is 0.499. The average Bonchev–Trinajstić information content (AvgIpc) is 3.35. The Morgan fingerprint density at radius 2 is 2.04 bits per heavy atom. The zero-order valence-electron chi connectivity index (χ0n) is 13.6. The minimum atomic E-state index is 0.509. The number of hydrogen-bond acceptors (Lipinski definition) is 6. The zero-order valence-corrected chi connectivity index (χ0v) is 14.4. The second-order valence-electron chi connectivity index (χ2n) is 6.42. The molecule has 0 spiro atoms. The van der Waals surface area contributed by atoms with E-state index < -0.39 is 0 Å². The van der Waals surface area contributed by atoms with Crippen LogP contribution >= 0.6 is 11.3 Å². The molecule has 25 heavy (non-hydrogen) atoms. The second kappa shape index (κ2) is 6.00. The summed E-state index contributed by atoms with van der Waals surface area (Å²) in [7, 11) is 0. The minimum Gasteiger partial charge on any atom is -0.367 e. The highest BCUT2D eigenvalue weighted by Crippen LogP contribution is 2.28. The van der Waals surface area contributed by atoms with Crippen LogP contribution in [0.2, 0.25) is 0 Å². The van der Waals surface area contributed by atoms with Gasteiger partial charge in [-0.2, -0.15) is 9.97 Å². The summed E-state index contributed by atoms with van der Waals surface area (Å²) in [4.78, 5) is 16.9. The van der Waals surface area contributed by atoms with Gasteiger partial charge in [0.05, 0.1) is 21.1 Å². The van der Waals surface area contributed by atoms with Crippen LogP contribution < -0.4 is 10.6 Å². The molecule has 1 aliphatic carbocycles. The third-order valence-corrected chi connectivity index (χ3v) is 5.49. The van der Waals surface area contributed by atoms with Crippen molar-refractivity contribution in [2.45, 2.75) is 31.7 Å². The van der Waals surface area contributed by atoms with E-state index in [2.05, 4.69) is 31.7 Å². The molecule has 0 aliphatic heterocycles. The fraction of sp³-hybridized carbons (Fsp3) is 0.278. The molecule has 5 rings (SSSR count). The van der Waals surface area contributed by atoms with Crippen molar-refractivity contribution < 1.29 is 0 Å². The summed E-state index contributed by atoms with van der Waals surface area (Å²) in [6, 6.07) is 8.64. The number of H-pyrrole nitrogens is 1. The predicted molar refractivity (Wildman–Crippen MR) is 103 cm³/mol. The van der Waals surface area contributed by atoms with Crippen molar-refractivity contribution in [2.24, 2.45) is 0 Å². The number of nitrogens with zero attached hydrogens (tertiary/aromatic N) is 3. The molecule has 126 valence electrons. The van der Waals surface area contributed by atoms with Crippen LogP contribution in [0.15, 0.2) is 36.0 Å². The van der Waals surface area contributed by atoms with Crippen LogP contribution in [-0.2, 0) is 0 Å². The van der Waals surface area contributed by atoms with E-state index in [1.807, 2.05) is 29.9 Å². The van der Waals surface area contributed by atoms with Crippen LogP contribution in [0, 0.1) is 0 Å². The molecule has 0 radical (unpaired) electrons. The number of fused-ring (bicyclic) bond motifs is 2. The van der Waals surface area contributed by atoms with E-state index in [0.29, 0.717) is 12.0 Å². The fourth-order valence-corrected chi connectivity index (χ4v) is 4.15. The Labute approximate surface area is 148 Å². The summed E-state index contributed by atoms with van der Waals surface area (Å²) >= 11 is 1.63. The van der Waals surface area contributed by atoms with E-state index in [0.717, 1.165) is 32.8 Å². The van der Waals surface area contributed by atoms with Gasteiger partial charge in [-0.15, -0.1) is 11.3 Å². The van der Waals surface area contributed by atoms with E-state index in [4.69, 9.17) is 4.98 Å². The first-order valence-electron chi connectivity index (χ1n) is 8.57. The maximum atomic E-state index is 4.73. The number of hydrogen-bond donors (Lipinski definition) is 3. The molecule has 0 saturated heterocycles. The molecule has 3 aromatic heterocycles. The van der Waals surface area contributed by atoms with Gasteiger partial charge in [0.25, 0.3) is 0 Å². The largest absolute Gasteiger partial charge is 0.367 e. The van der Waals surface area contributed by atoms with Gasteiger partial charge in [-0.1, -0.05) is 12.8 Å². The normalized spacial score (nSPS) is 15.2. The standard InChI is InChI=1S/C18H18N6S/c1-2-4-11(3-1)21-17-13-7-8-19-16(13)23-18(24-17)22-12-5-6-14-15(9-12)25-10-20-14/h5-11H,1-4H2,(H3,19,21,22,23,24). The summed E-state index contributed by atoms with van der Waals surface area (Å²) in [6.07, 6.45) is 6.91. The number of anilines is 3. The lowest BCUT2D eigenvalue weighted by atomic mass is 10.2. The Morgan fingerprint density at radius 1 is 1.12 bits per heavy atom. The van der Waals surface area contributed by atoms with E-state index in [9.17, 15) is 0 Å². The molecule has 3 N–H and O–H groups in total. The minimum absolute atomic E-state index is 0.509. The lowest BCUT2D eigenvalue weighted by Gasteiger charge is -2.14. The van der Waals surface area contributed by atoms with Gasteiger partial charge in [-0.3, -0.25) is 0 Å². The van der Waals surface area contributed by atoms with Crippen LogP contribution in [0.1, 0.15) is 25.7 Å². The first-order chi connectivity index (χ1) is 12.3. The topological polar surface area (TPSA) is 78.5 Å². The van der Waals surface area contributed by atoms with Crippen molar-refractivity contribution in [1.82, 2.24) is 19.9 Å². The summed E-state index contributed by atoms with van der Waals surface area (Å²) in [5, 5.41) is 7.97. The number of aromatic nitrogens is 4. The van der Waals surface area contributed by atoms with Crippen molar-refractivity contribution in [1.29, 1.82) is 0 Å². The number of benzene rings is 1. The second-order valence-corrected chi connectivity index (χ2v) is 7.31. The van der Waals surface area contributed by atoms with Crippen LogP contribution in [0.4, 0.5) is 17.5 Å². The third kappa shape index (κ3) is 2.80. The number of rotatable bonds is 4. The van der Waals surface area contributed by atoms with E-state index in [1.165, 1.54) is 25.7 Å². The highest BCUT2D eigenvalue weighted by molar-refractivity contribution is 7.16. The summed E-state index contributed by atoms with van der Waals surface area (Å²) in [5.41, 5.74) is 4.69. The lowest BCUT2D eigenvalue weighted by Crippen LogP contribution is -2.16. The van der Waals surface area contributed by atoms with Crippen LogP contribution in [-0.4, -0.2) is 26.0 Å². The molecule has 0 unspecified atom stereocenters. The van der Waals surface area contributed by atoms with Gasteiger partial charge in [0.1, 0.15) is 11.5 Å². The fourth-order valence-electron chi connectivity index (χ4n) is 3.43. The molecule has 1 aliphatic rings. The van der Waals surface area contributed by atoms with Crippen molar-refractivity contribution in [3.8, 4) is 0 Å². The van der Waals surface area contributed by atoms with Gasteiger partial charge < -0.3 is 15.6 Å². The molecule has 6 nitrogen and oxygen atoms in total. The van der Waals surface area contributed by atoms with Crippen LogP contribution in [0.25, 0.3) is 21.3 Å². The molecule has 4 aromatic rings. The molecule has 0 amide bonds. The Hall–Kier alpha value is -2.67. The maximum absolute atomic E-state index is 4.73. The Kier molecular flexibility index (Phi) is 3.52. The van der Waals surface area contributed by atoms with Crippen LogP contribution in [0.3, 0.4) is 0 Å². The van der Waals surface area contributed by atoms with Gasteiger partial charge in [0.2, 0.25) is 5.95 Å². The highest BCUT2D eigenvalue weighted by Gasteiger charge is 2.17. The molecular formula is C18H18N6S. The monoisotopic (exact) mass is 350 g/mol. The number of aromatic amines is 1. The van der Waals surface area contributed by atoms with Crippen molar-refractivity contribution in [2.75, 3.05) is 10.6 Å². The molecule has 0 atom stereocenters. The third-order valence-electron chi connectivity index (χ3n) is 4.70. The predicted octanol–water partition coefficient (Wildman–Crippen LogP) is 4.67. The summed E-state index contributed by atoms with van der Waals surface area (Å²) in [5.74, 6) is 1.50. The van der Waals surface area contributed by atoms with E-state index in [1.54, 1.807) is 11.3 Å². The van der Waals surface area contributed by atoms with E-state index >= 15 is 0 Å². The first-order valence-corrected chi connectivity index (χ1v) is 9.45. The molecule has 1 saturated carbocycles. The van der Waals surface area contributed by atoms with Gasteiger partial charge >= 0.3 is 0 Å². The Balaban J connectivity index is 1.49. The molecule has 3 heterocycles. The highest BCUT2D eigenvalue weighted by atomic mass is 32.1. The number of nitrogens with one attached hydrogen (secondary N) is 3. The molecule has 1 aromatic carbocycles. The van der Waals surface area contributed by atoms with Gasteiger partial charge in [0.15, 0.2) is 0 Å². The smallest absolute Gasteiger partial charge is 0.231 e. The van der Waals surface area contributed by atoms with Crippen molar-refractivity contribution >= 4 is 50.0 Å². The Bertz CT molecular complexity index is 1030. The Morgan fingerprint density at radius 3 is 2.96 bits per heavy atom. The molecule has 7 heteroatoms. The van der Waals surface area contributed by atoms with Gasteiger partial charge in [0, 0.05) is 17.9 Å². The summed E-state index contributed by atoms with van der Waals surface area (Å²) < 4.78 is 1.15. The molecule has 1 fully saturated rings.